The van der Waals surface area contributed by atoms with Crippen LogP contribution in [-0.2, 0) is 16.3 Å². The maximum Gasteiger partial charge on any atom is 0.150 e. The molecule has 1 fully saturated rings. The van der Waals surface area contributed by atoms with Gasteiger partial charge in [0, 0.05) is 10.5 Å². The van der Waals surface area contributed by atoms with Crippen molar-refractivity contribution >= 4 is 25.8 Å². The first-order chi connectivity index (χ1) is 9.48. The Morgan fingerprint density at radius 2 is 2.05 bits per heavy atom. The first-order valence-electron chi connectivity index (χ1n) is 7.17. The molecule has 5 heteroatoms. The van der Waals surface area contributed by atoms with Crippen LogP contribution in [-0.4, -0.2) is 32.5 Å². The molecular weight excluding hydrogens is 338 g/mol. The van der Waals surface area contributed by atoms with E-state index in [0.717, 1.165) is 30.3 Å². The molecule has 1 N–H and O–H groups in total. The molecule has 112 valence electrons. The number of benzene rings is 1. The van der Waals surface area contributed by atoms with E-state index in [-0.39, 0.29) is 0 Å². The van der Waals surface area contributed by atoms with Gasteiger partial charge < -0.3 is 5.32 Å². The summed E-state index contributed by atoms with van der Waals surface area (Å²) < 4.78 is 24.2. The summed E-state index contributed by atoms with van der Waals surface area (Å²) in [5.41, 5.74) is 1.29. The Morgan fingerprint density at radius 3 is 2.60 bits per heavy atom. The third kappa shape index (κ3) is 4.86. The van der Waals surface area contributed by atoms with Crippen molar-refractivity contribution in [1.29, 1.82) is 0 Å². The molecule has 0 amide bonds. The summed E-state index contributed by atoms with van der Waals surface area (Å²) in [6, 6.07) is 8.72. The summed E-state index contributed by atoms with van der Waals surface area (Å²) in [7, 11) is -2.77. The minimum absolute atomic E-state index is 0.319. The van der Waals surface area contributed by atoms with Crippen LogP contribution in [0.2, 0.25) is 0 Å². The summed E-state index contributed by atoms with van der Waals surface area (Å²) in [6.07, 6.45) is 2.73. The summed E-state index contributed by atoms with van der Waals surface area (Å²) in [6.45, 7) is 3.01. The SMILES string of the molecule is CCNC(Cc1ccc(Br)cc1)CC1CCS(=O)(=O)C1. The highest BCUT2D eigenvalue weighted by atomic mass is 79.9. The summed E-state index contributed by atoms with van der Waals surface area (Å²) in [5.74, 6) is 1.06. The molecule has 2 atom stereocenters. The van der Waals surface area contributed by atoms with Crippen molar-refractivity contribution in [2.45, 2.75) is 32.2 Å². The van der Waals surface area contributed by atoms with Gasteiger partial charge >= 0.3 is 0 Å². The number of sulfone groups is 1. The molecule has 2 rings (SSSR count). The van der Waals surface area contributed by atoms with Crippen LogP contribution in [0.4, 0.5) is 0 Å². The lowest BCUT2D eigenvalue weighted by atomic mass is 9.94. The monoisotopic (exact) mass is 359 g/mol. The minimum Gasteiger partial charge on any atom is -0.314 e. The van der Waals surface area contributed by atoms with E-state index in [2.05, 4.69) is 52.4 Å². The van der Waals surface area contributed by atoms with Crippen LogP contribution >= 0.6 is 15.9 Å². The molecule has 1 aromatic rings. The van der Waals surface area contributed by atoms with Crippen LogP contribution < -0.4 is 5.32 Å². The maximum absolute atomic E-state index is 11.6. The second-order valence-corrected chi connectivity index (χ2v) is 8.73. The van der Waals surface area contributed by atoms with Gasteiger partial charge in [-0.25, -0.2) is 8.42 Å². The lowest BCUT2D eigenvalue weighted by Gasteiger charge is -2.21. The third-order valence-corrected chi connectivity index (χ3v) is 6.20. The van der Waals surface area contributed by atoms with Gasteiger partial charge in [-0.3, -0.25) is 0 Å². The molecule has 0 spiro atoms. The fourth-order valence-electron chi connectivity index (χ4n) is 2.89. The Morgan fingerprint density at radius 1 is 1.35 bits per heavy atom. The van der Waals surface area contributed by atoms with E-state index in [1.165, 1.54) is 5.56 Å². The van der Waals surface area contributed by atoms with E-state index in [4.69, 9.17) is 0 Å². The smallest absolute Gasteiger partial charge is 0.150 e. The summed E-state index contributed by atoms with van der Waals surface area (Å²) in [4.78, 5) is 0. The Kier molecular flexibility index (Phi) is 5.64. The van der Waals surface area contributed by atoms with E-state index in [0.29, 0.717) is 23.5 Å². The largest absolute Gasteiger partial charge is 0.314 e. The summed E-state index contributed by atoms with van der Waals surface area (Å²) in [5, 5.41) is 3.49. The van der Waals surface area contributed by atoms with E-state index >= 15 is 0 Å². The van der Waals surface area contributed by atoms with Gasteiger partial charge in [-0.15, -0.1) is 0 Å². The van der Waals surface area contributed by atoms with Crippen LogP contribution in [0.15, 0.2) is 28.7 Å². The average Bonchev–Trinajstić information content (AvgIpc) is 2.72. The lowest BCUT2D eigenvalue weighted by Crippen LogP contribution is -2.33. The second kappa shape index (κ2) is 7.05. The van der Waals surface area contributed by atoms with Gasteiger partial charge in [-0.05, 0) is 49.4 Å². The van der Waals surface area contributed by atoms with Crippen LogP contribution in [0.1, 0.15) is 25.3 Å². The fraction of sp³-hybridized carbons (Fsp3) is 0.600. The number of hydrogen-bond donors (Lipinski definition) is 1. The first kappa shape index (κ1) is 16.0. The van der Waals surface area contributed by atoms with Crippen molar-refractivity contribution in [3.05, 3.63) is 34.3 Å². The topological polar surface area (TPSA) is 46.2 Å². The van der Waals surface area contributed by atoms with Gasteiger partial charge in [0.15, 0.2) is 9.84 Å². The quantitative estimate of drug-likeness (QED) is 0.849. The van der Waals surface area contributed by atoms with Gasteiger partial charge in [-0.1, -0.05) is 35.0 Å². The normalized spacial score (nSPS) is 22.8. The molecule has 0 radical (unpaired) electrons. The molecule has 1 aliphatic heterocycles. The summed E-state index contributed by atoms with van der Waals surface area (Å²) >= 11 is 3.44. The molecule has 0 saturated carbocycles. The number of rotatable bonds is 6. The fourth-order valence-corrected chi connectivity index (χ4v) is 5.04. The molecule has 2 unspecified atom stereocenters. The predicted molar refractivity (Wildman–Crippen MR) is 86.7 cm³/mol. The van der Waals surface area contributed by atoms with Crippen molar-refractivity contribution in [2.75, 3.05) is 18.1 Å². The molecule has 0 aliphatic carbocycles. The average molecular weight is 360 g/mol. The molecular formula is C15H22BrNO2S. The molecule has 3 nitrogen and oxygen atoms in total. The molecule has 1 aliphatic rings. The van der Waals surface area contributed by atoms with E-state index in [1.54, 1.807) is 0 Å². The van der Waals surface area contributed by atoms with E-state index < -0.39 is 9.84 Å². The van der Waals surface area contributed by atoms with Crippen LogP contribution in [0.25, 0.3) is 0 Å². The number of likely N-dealkylation sites (N-methyl/N-ethyl adjacent to an activating group) is 1. The molecule has 0 aromatic heterocycles. The van der Waals surface area contributed by atoms with Gasteiger partial charge in [0.2, 0.25) is 0 Å². The zero-order chi connectivity index (χ0) is 14.6. The molecule has 0 bridgehead atoms. The van der Waals surface area contributed by atoms with Crippen LogP contribution in [0.3, 0.4) is 0 Å². The van der Waals surface area contributed by atoms with E-state index in [1.807, 2.05) is 0 Å². The van der Waals surface area contributed by atoms with Gasteiger partial charge in [0.1, 0.15) is 0 Å². The van der Waals surface area contributed by atoms with Crippen molar-refractivity contribution in [3.8, 4) is 0 Å². The zero-order valence-corrected chi connectivity index (χ0v) is 14.2. The Balaban J connectivity index is 1.95. The zero-order valence-electron chi connectivity index (χ0n) is 11.8. The first-order valence-corrected chi connectivity index (χ1v) is 9.78. The molecule has 1 heterocycles. The number of nitrogens with one attached hydrogen (secondary N) is 1. The number of halogens is 1. The van der Waals surface area contributed by atoms with Crippen molar-refractivity contribution < 1.29 is 8.42 Å². The third-order valence-electron chi connectivity index (χ3n) is 3.83. The highest BCUT2D eigenvalue weighted by Gasteiger charge is 2.29. The van der Waals surface area contributed by atoms with E-state index in [9.17, 15) is 8.42 Å². The van der Waals surface area contributed by atoms with Gasteiger partial charge in [-0.2, -0.15) is 0 Å². The van der Waals surface area contributed by atoms with Crippen molar-refractivity contribution in [1.82, 2.24) is 5.32 Å². The number of hydrogen-bond acceptors (Lipinski definition) is 3. The molecule has 1 saturated heterocycles. The van der Waals surface area contributed by atoms with Crippen LogP contribution in [0, 0.1) is 5.92 Å². The highest BCUT2D eigenvalue weighted by Crippen LogP contribution is 2.24. The maximum atomic E-state index is 11.6. The molecule has 20 heavy (non-hydrogen) atoms. The van der Waals surface area contributed by atoms with Crippen molar-refractivity contribution in [3.63, 3.8) is 0 Å². The minimum atomic E-state index is -2.77. The standard InChI is InChI=1S/C15H22BrNO2S/c1-2-17-15(9-12-3-5-14(16)6-4-12)10-13-7-8-20(18,19)11-13/h3-6,13,15,17H,2,7-11H2,1H3. The predicted octanol–water partition coefficient (Wildman–Crippen LogP) is 2.79. The van der Waals surface area contributed by atoms with Gasteiger partial charge in [0.25, 0.3) is 0 Å². The van der Waals surface area contributed by atoms with Crippen LogP contribution in [0.5, 0.6) is 0 Å². The second-order valence-electron chi connectivity index (χ2n) is 5.59. The highest BCUT2D eigenvalue weighted by molar-refractivity contribution is 9.10. The Bertz CT molecular complexity index is 527. The Labute approximate surface area is 130 Å². The lowest BCUT2D eigenvalue weighted by molar-refractivity contribution is 0.409. The molecule has 1 aromatic carbocycles. The Hall–Kier alpha value is -0.390. The van der Waals surface area contributed by atoms with Crippen molar-refractivity contribution in [2.24, 2.45) is 5.92 Å². The van der Waals surface area contributed by atoms with Gasteiger partial charge in [0.05, 0.1) is 11.5 Å².